The fourth-order valence-electron chi connectivity index (χ4n) is 2.99. The number of sulfonamides is 1. The number of nitrogens with one attached hydrogen (secondary N) is 3. The summed E-state index contributed by atoms with van der Waals surface area (Å²) in [5, 5.41) is 9.49. The van der Waals surface area contributed by atoms with Crippen molar-refractivity contribution in [3.63, 3.8) is 0 Å². The second-order valence-corrected chi connectivity index (χ2v) is 8.92. The summed E-state index contributed by atoms with van der Waals surface area (Å²) in [5.41, 5.74) is 2.46. The molecule has 2 aromatic carbocycles. The number of hydrogen-bond acceptors (Lipinski definition) is 5. The second-order valence-electron chi connectivity index (χ2n) is 7.21. The van der Waals surface area contributed by atoms with E-state index in [9.17, 15) is 18.0 Å². The van der Waals surface area contributed by atoms with Gasteiger partial charge in [-0.1, -0.05) is 12.1 Å². The van der Waals surface area contributed by atoms with Crippen molar-refractivity contribution >= 4 is 27.5 Å². The molecule has 1 aromatic heterocycles. The Bertz CT molecular complexity index is 1160. The minimum atomic E-state index is -3.89. The SMILES string of the molecule is CC(=O)Nc1ccc(S(=O)(=O)N[C@@H](C)C(=O)NCCc2ccc(-n3cccn3)cc2)cc1. The van der Waals surface area contributed by atoms with Crippen LogP contribution in [-0.4, -0.2) is 42.6 Å². The molecule has 0 saturated heterocycles. The van der Waals surface area contributed by atoms with Gasteiger partial charge in [0.05, 0.1) is 16.6 Å². The molecule has 1 heterocycles. The van der Waals surface area contributed by atoms with Gasteiger partial charge in [0, 0.05) is 31.5 Å². The molecule has 32 heavy (non-hydrogen) atoms. The van der Waals surface area contributed by atoms with Crippen LogP contribution in [0.5, 0.6) is 0 Å². The van der Waals surface area contributed by atoms with E-state index >= 15 is 0 Å². The first-order chi connectivity index (χ1) is 15.2. The highest BCUT2D eigenvalue weighted by atomic mass is 32.2. The van der Waals surface area contributed by atoms with Crippen molar-refractivity contribution in [2.45, 2.75) is 31.2 Å². The van der Waals surface area contributed by atoms with Crippen molar-refractivity contribution in [2.24, 2.45) is 0 Å². The molecule has 0 aliphatic heterocycles. The van der Waals surface area contributed by atoms with Gasteiger partial charge in [0.1, 0.15) is 0 Å². The van der Waals surface area contributed by atoms with Crippen LogP contribution in [0.15, 0.2) is 71.9 Å². The molecule has 3 N–H and O–H groups in total. The Balaban J connectivity index is 1.49. The van der Waals surface area contributed by atoms with Gasteiger partial charge in [0.25, 0.3) is 0 Å². The van der Waals surface area contributed by atoms with Crippen LogP contribution in [0.2, 0.25) is 0 Å². The number of carbonyl (C=O) groups excluding carboxylic acids is 2. The first kappa shape index (κ1) is 23.2. The van der Waals surface area contributed by atoms with Crippen molar-refractivity contribution in [1.29, 1.82) is 0 Å². The maximum atomic E-state index is 12.5. The lowest BCUT2D eigenvalue weighted by Crippen LogP contribution is -2.45. The van der Waals surface area contributed by atoms with Crippen LogP contribution in [0.3, 0.4) is 0 Å². The fourth-order valence-corrected chi connectivity index (χ4v) is 4.20. The Morgan fingerprint density at radius 3 is 2.34 bits per heavy atom. The molecular weight excluding hydrogens is 430 g/mol. The molecule has 168 valence electrons. The van der Waals surface area contributed by atoms with E-state index in [1.807, 2.05) is 36.5 Å². The van der Waals surface area contributed by atoms with Gasteiger partial charge in [-0.2, -0.15) is 9.82 Å². The van der Waals surface area contributed by atoms with Gasteiger partial charge in [-0.3, -0.25) is 9.59 Å². The third kappa shape index (κ3) is 6.25. The third-order valence-corrected chi connectivity index (χ3v) is 6.19. The van der Waals surface area contributed by atoms with Crippen molar-refractivity contribution in [3.8, 4) is 5.69 Å². The molecule has 0 fully saturated rings. The number of benzene rings is 2. The van der Waals surface area contributed by atoms with E-state index in [1.54, 1.807) is 10.9 Å². The average Bonchev–Trinajstić information content (AvgIpc) is 3.29. The molecule has 0 unspecified atom stereocenters. The molecule has 3 rings (SSSR count). The lowest BCUT2D eigenvalue weighted by molar-refractivity contribution is -0.122. The van der Waals surface area contributed by atoms with Crippen molar-refractivity contribution in [2.75, 3.05) is 11.9 Å². The minimum Gasteiger partial charge on any atom is -0.354 e. The van der Waals surface area contributed by atoms with Crippen LogP contribution >= 0.6 is 0 Å². The van der Waals surface area contributed by atoms with Crippen LogP contribution in [0.25, 0.3) is 5.69 Å². The first-order valence-corrected chi connectivity index (χ1v) is 11.5. The zero-order valence-electron chi connectivity index (χ0n) is 17.8. The smallest absolute Gasteiger partial charge is 0.241 e. The van der Waals surface area contributed by atoms with E-state index in [0.29, 0.717) is 18.7 Å². The number of anilines is 1. The average molecular weight is 456 g/mol. The zero-order valence-corrected chi connectivity index (χ0v) is 18.6. The van der Waals surface area contributed by atoms with Crippen molar-refractivity contribution in [1.82, 2.24) is 19.8 Å². The fraction of sp³-hybridized carbons (Fsp3) is 0.227. The highest BCUT2D eigenvalue weighted by Crippen LogP contribution is 2.14. The molecule has 10 heteroatoms. The topological polar surface area (TPSA) is 122 Å². The van der Waals surface area contributed by atoms with Crippen LogP contribution in [0.4, 0.5) is 5.69 Å². The van der Waals surface area contributed by atoms with Gasteiger partial charge in [0.15, 0.2) is 0 Å². The molecule has 0 spiro atoms. The lowest BCUT2D eigenvalue weighted by atomic mass is 10.1. The van der Waals surface area contributed by atoms with E-state index in [4.69, 9.17) is 0 Å². The molecule has 1 atom stereocenters. The summed E-state index contributed by atoms with van der Waals surface area (Å²) >= 11 is 0. The number of carbonyl (C=O) groups is 2. The largest absolute Gasteiger partial charge is 0.354 e. The molecule has 0 radical (unpaired) electrons. The quantitative estimate of drug-likeness (QED) is 0.455. The maximum absolute atomic E-state index is 12.5. The summed E-state index contributed by atoms with van der Waals surface area (Å²) < 4.78 is 29.2. The van der Waals surface area contributed by atoms with Crippen LogP contribution in [0.1, 0.15) is 19.4 Å². The number of amides is 2. The Hall–Kier alpha value is -3.50. The standard InChI is InChI=1S/C22H25N5O4S/c1-16(26-32(30,31)21-10-6-19(7-11-21)25-17(2)28)22(29)23-14-12-18-4-8-20(9-5-18)27-15-3-13-24-27/h3-11,13,15-16,26H,12,14H2,1-2H3,(H,23,29)(H,25,28)/t16-/m0/s1. The Morgan fingerprint density at radius 2 is 1.75 bits per heavy atom. The van der Waals surface area contributed by atoms with Crippen LogP contribution < -0.4 is 15.4 Å². The number of aromatic nitrogens is 2. The van der Waals surface area contributed by atoms with Crippen LogP contribution in [-0.2, 0) is 26.0 Å². The van der Waals surface area contributed by atoms with Gasteiger partial charge in [-0.05, 0) is 61.4 Å². The molecule has 2 amide bonds. The second kappa shape index (κ2) is 10.2. The molecule has 0 saturated carbocycles. The van der Waals surface area contributed by atoms with E-state index < -0.39 is 22.0 Å². The monoisotopic (exact) mass is 455 g/mol. The van der Waals surface area contributed by atoms with E-state index in [2.05, 4.69) is 20.5 Å². The molecule has 3 aromatic rings. The molecule has 0 bridgehead atoms. The van der Waals surface area contributed by atoms with Gasteiger partial charge in [-0.15, -0.1) is 0 Å². The summed E-state index contributed by atoms with van der Waals surface area (Å²) in [6.45, 7) is 3.22. The van der Waals surface area contributed by atoms with Crippen LogP contribution in [0, 0.1) is 0 Å². The maximum Gasteiger partial charge on any atom is 0.241 e. The Kier molecular flexibility index (Phi) is 7.39. The van der Waals surface area contributed by atoms with Crippen molar-refractivity contribution in [3.05, 3.63) is 72.6 Å². The van der Waals surface area contributed by atoms with Gasteiger partial charge >= 0.3 is 0 Å². The van der Waals surface area contributed by atoms with Gasteiger partial charge in [-0.25, -0.2) is 13.1 Å². The number of nitrogens with zero attached hydrogens (tertiary/aromatic N) is 2. The normalized spacial score (nSPS) is 12.2. The summed E-state index contributed by atoms with van der Waals surface area (Å²) in [6, 6.07) is 14.4. The highest BCUT2D eigenvalue weighted by Gasteiger charge is 2.21. The first-order valence-electron chi connectivity index (χ1n) is 10.0. The van der Waals surface area contributed by atoms with E-state index in [1.165, 1.54) is 38.1 Å². The van der Waals surface area contributed by atoms with E-state index in [-0.39, 0.29) is 10.8 Å². The third-order valence-electron chi connectivity index (χ3n) is 4.63. The summed E-state index contributed by atoms with van der Waals surface area (Å²) in [7, 11) is -3.89. The van der Waals surface area contributed by atoms with E-state index in [0.717, 1.165) is 11.3 Å². The molecular formula is C22H25N5O4S. The minimum absolute atomic E-state index is 0.00326. The highest BCUT2D eigenvalue weighted by molar-refractivity contribution is 7.89. The van der Waals surface area contributed by atoms with Crippen molar-refractivity contribution < 1.29 is 18.0 Å². The molecule has 9 nitrogen and oxygen atoms in total. The predicted molar refractivity (Wildman–Crippen MR) is 121 cm³/mol. The molecule has 0 aliphatic carbocycles. The molecule has 0 aliphatic rings. The summed E-state index contributed by atoms with van der Waals surface area (Å²) in [5.74, 6) is -0.672. The predicted octanol–water partition coefficient (Wildman–Crippen LogP) is 1.86. The summed E-state index contributed by atoms with van der Waals surface area (Å²) in [4.78, 5) is 23.4. The zero-order chi connectivity index (χ0) is 23.1. The Labute approximate surface area is 186 Å². The number of rotatable bonds is 9. The Morgan fingerprint density at radius 1 is 1.06 bits per heavy atom. The number of hydrogen-bond donors (Lipinski definition) is 3. The van der Waals surface area contributed by atoms with Gasteiger partial charge < -0.3 is 10.6 Å². The van der Waals surface area contributed by atoms with Gasteiger partial charge in [0.2, 0.25) is 21.8 Å². The lowest BCUT2D eigenvalue weighted by Gasteiger charge is -2.15. The summed E-state index contributed by atoms with van der Waals surface area (Å²) in [6.07, 6.45) is 4.17.